The fourth-order valence-corrected chi connectivity index (χ4v) is 4.32. The third-order valence-corrected chi connectivity index (χ3v) is 5.75. The van der Waals surface area contributed by atoms with Crippen LogP contribution in [0.15, 0.2) is 96.0 Å². The van der Waals surface area contributed by atoms with Crippen LogP contribution in [0.1, 0.15) is 39.9 Å². The van der Waals surface area contributed by atoms with E-state index < -0.39 is 0 Å². The van der Waals surface area contributed by atoms with Gasteiger partial charge in [0.15, 0.2) is 5.78 Å². The fraction of sp³-hybridized carbons (Fsp3) is 0.111. The van der Waals surface area contributed by atoms with Crippen molar-refractivity contribution in [2.24, 2.45) is 4.99 Å². The number of benzene rings is 4. The molecular weight excluding hydrogens is 354 g/mol. The number of carbonyl (C=O) groups is 1. The summed E-state index contributed by atoms with van der Waals surface area (Å²) in [5.74, 6) is -0.256. The van der Waals surface area contributed by atoms with E-state index in [0.29, 0.717) is 0 Å². The molecule has 0 fully saturated rings. The fourth-order valence-electron chi connectivity index (χ4n) is 4.32. The van der Waals surface area contributed by atoms with Gasteiger partial charge in [0.25, 0.3) is 0 Å². The van der Waals surface area contributed by atoms with Gasteiger partial charge in [-0.15, -0.1) is 0 Å². The molecule has 0 aliphatic heterocycles. The molecular formula is C27H21NO. The molecule has 0 N–H and O–H groups in total. The summed E-state index contributed by atoms with van der Waals surface area (Å²) in [6.07, 6.45) is 0.904. The molecule has 0 saturated carbocycles. The van der Waals surface area contributed by atoms with Gasteiger partial charge in [-0.2, -0.15) is 0 Å². The first-order valence-electron chi connectivity index (χ1n) is 10.1. The van der Waals surface area contributed by atoms with Gasteiger partial charge in [0.1, 0.15) is 0 Å². The molecule has 2 nitrogen and oxygen atoms in total. The molecule has 0 spiro atoms. The zero-order valence-electron chi connectivity index (χ0n) is 16.3. The van der Waals surface area contributed by atoms with Crippen LogP contribution in [0.2, 0.25) is 0 Å². The highest BCUT2D eigenvalue weighted by atomic mass is 16.1. The van der Waals surface area contributed by atoms with E-state index in [9.17, 15) is 4.79 Å². The van der Waals surface area contributed by atoms with Crippen LogP contribution in [-0.4, -0.2) is 11.5 Å². The van der Waals surface area contributed by atoms with E-state index in [0.717, 1.165) is 45.3 Å². The molecule has 1 aliphatic carbocycles. The lowest BCUT2D eigenvalue weighted by molar-refractivity contribution is 0.0989. The van der Waals surface area contributed by atoms with Gasteiger partial charge in [-0.25, -0.2) is 0 Å². The molecule has 0 aromatic heterocycles. The van der Waals surface area contributed by atoms with E-state index in [1.807, 2.05) is 60.7 Å². The van der Waals surface area contributed by atoms with Crippen LogP contribution in [0.5, 0.6) is 0 Å². The Bertz CT molecular complexity index is 1260. The Balaban J connectivity index is 1.78. The van der Waals surface area contributed by atoms with Crippen LogP contribution >= 0.6 is 0 Å². The number of aliphatic imine (C=N–C) groups is 1. The van der Waals surface area contributed by atoms with E-state index in [1.54, 1.807) is 0 Å². The SMILES string of the molecule is CCc1ccccc1N=C1c2ccccc2C(=O)[C@H]1c1cccc2ccccc12. The molecule has 0 radical (unpaired) electrons. The number of aryl methyl sites for hydroxylation is 1. The largest absolute Gasteiger partial charge is 0.293 e. The number of Topliss-reactive ketones (excluding diaryl/α,β-unsaturated/α-hetero) is 1. The molecule has 1 aliphatic rings. The summed E-state index contributed by atoms with van der Waals surface area (Å²) < 4.78 is 0. The second kappa shape index (κ2) is 7.14. The number of hydrogen-bond donors (Lipinski definition) is 0. The molecule has 140 valence electrons. The van der Waals surface area contributed by atoms with Crippen LogP contribution in [0.4, 0.5) is 5.69 Å². The van der Waals surface area contributed by atoms with Crippen LogP contribution < -0.4 is 0 Å². The van der Waals surface area contributed by atoms with Crippen LogP contribution in [-0.2, 0) is 6.42 Å². The van der Waals surface area contributed by atoms with Gasteiger partial charge in [-0.1, -0.05) is 91.9 Å². The van der Waals surface area contributed by atoms with Crippen molar-refractivity contribution in [3.05, 3.63) is 113 Å². The molecule has 2 heteroatoms. The van der Waals surface area contributed by atoms with E-state index in [2.05, 4.69) is 37.3 Å². The Morgan fingerprint density at radius 2 is 1.45 bits per heavy atom. The number of fused-ring (bicyclic) bond motifs is 2. The van der Waals surface area contributed by atoms with Gasteiger partial charge in [0, 0.05) is 11.1 Å². The van der Waals surface area contributed by atoms with Crippen LogP contribution in [0.3, 0.4) is 0 Å². The van der Waals surface area contributed by atoms with E-state index in [1.165, 1.54) is 5.56 Å². The summed E-state index contributed by atoms with van der Waals surface area (Å²) in [5.41, 5.74) is 5.72. The van der Waals surface area contributed by atoms with Crippen molar-refractivity contribution >= 4 is 28.0 Å². The zero-order valence-corrected chi connectivity index (χ0v) is 16.3. The standard InChI is InChI=1S/C27H21NO/c1-2-18-10-4-8-17-24(18)28-26-22-14-6-7-15-23(22)27(29)25(26)21-16-9-12-19-11-3-5-13-20(19)21/h3-17,25H,2H2,1H3/t25-/m0/s1. The van der Waals surface area contributed by atoms with Crippen molar-refractivity contribution in [2.45, 2.75) is 19.3 Å². The molecule has 4 aromatic rings. The summed E-state index contributed by atoms with van der Waals surface area (Å²) in [6, 6.07) is 30.5. The Labute approximate surface area is 170 Å². The quantitative estimate of drug-likeness (QED) is 0.402. The first kappa shape index (κ1) is 17.6. The molecule has 0 heterocycles. The minimum atomic E-state index is -0.386. The third-order valence-electron chi connectivity index (χ3n) is 5.75. The minimum absolute atomic E-state index is 0.129. The molecule has 5 rings (SSSR count). The third kappa shape index (κ3) is 2.89. The van der Waals surface area contributed by atoms with E-state index in [-0.39, 0.29) is 11.7 Å². The van der Waals surface area contributed by atoms with Crippen molar-refractivity contribution < 1.29 is 4.79 Å². The number of rotatable bonds is 3. The predicted octanol–water partition coefficient (Wildman–Crippen LogP) is 6.50. The molecule has 0 saturated heterocycles. The van der Waals surface area contributed by atoms with Gasteiger partial charge < -0.3 is 0 Å². The topological polar surface area (TPSA) is 29.4 Å². The first-order valence-corrected chi connectivity index (χ1v) is 10.1. The average molecular weight is 375 g/mol. The number of hydrogen-bond acceptors (Lipinski definition) is 2. The van der Waals surface area contributed by atoms with Crippen molar-refractivity contribution in [3.63, 3.8) is 0 Å². The highest BCUT2D eigenvalue weighted by Gasteiger charge is 2.38. The second-order valence-corrected chi connectivity index (χ2v) is 7.39. The van der Waals surface area contributed by atoms with Crippen LogP contribution in [0, 0.1) is 0 Å². The molecule has 0 amide bonds. The van der Waals surface area contributed by atoms with E-state index in [4.69, 9.17) is 4.99 Å². The van der Waals surface area contributed by atoms with Crippen LogP contribution in [0.25, 0.3) is 10.8 Å². The summed E-state index contributed by atoms with van der Waals surface area (Å²) in [4.78, 5) is 18.6. The minimum Gasteiger partial charge on any atom is -0.293 e. The maximum Gasteiger partial charge on any atom is 0.177 e. The molecule has 1 atom stereocenters. The molecule has 29 heavy (non-hydrogen) atoms. The summed E-state index contributed by atoms with van der Waals surface area (Å²) in [7, 11) is 0. The molecule has 0 unspecified atom stereocenters. The first-order chi connectivity index (χ1) is 14.3. The van der Waals surface area contributed by atoms with Crippen molar-refractivity contribution in [2.75, 3.05) is 0 Å². The highest BCUT2D eigenvalue weighted by Crippen LogP contribution is 2.39. The van der Waals surface area contributed by atoms with Gasteiger partial charge in [-0.3, -0.25) is 9.79 Å². The Morgan fingerprint density at radius 3 is 2.31 bits per heavy atom. The average Bonchev–Trinajstić information content (AvgIpc) is 3.05. The summed E-state index contributed by atoms with van der Waals surface area (Å²) >= 11 is 0. The second-order valence-electron chi connectivity index (χ2n) is 7.39. The molecule has 0 bridgehead atoms. The number of para-hydroxylation sites is 1. The normalized spacial score (nSPS) is 17.1. The predicted molar refractivity (Wildman–Crippen MR) is 119 cm³/mol. The Kier molecular flexibility index (Phi) is 4.33. The van der Waals surface area contributed by atoms with Crippen molar-refractivity contribution in [1.29, 1.82) is 0 Å². The van der Waals surface area contributed by atoms with Gasteiger partial charge in [-0.05, 0) is 34.4 Å². The zero-order chi connectivity index (χ0) is 19.8. The van der Waals surface area contributed by atoms with Crippen molar-refractivity contribution in [1.82, 2.24) is 0 Å². The lowest BCUT2D eigenvalue weighted by Gasteiger charge is -2.15. The van der Waals surface area contributed by atoms with Gasteiger partial charge >= 0.3 is 0 Å². The smallest absolute Gasteiger partial charge is 0.177 e. The van der Waals surface area contributed by atoms with Crippen molar-refractivity contribution in [3.8, 4) is 0 Å². The molecule has 4 aromatic carbocycles. The van der Waals surface area contributed by atoms with E-state index >= 15 is 0 Å². The number of carbonyl (C=O) groups excluding carboxylic acids is 1. The lowest BCUT2D eigenvalue weighted by atomic mass is 9.89. The summed E-state index contributed by atoms with van der Waals surface area (Å²) in [5, 5.41) is 2.25. The Morgan fingerprint density at radius 1 is 0.759 bits per heavy atom. The van der Waals surface area contributed by atoms with Gasteiger partial charge in [0.05, 0.1) is 17.3 Å². The number of ketones is 1. The maximum absolute atomic E-state index is 13.5. The highest BCUT2D eigenvalue weighted by molar-refractivity contribution is 6.32. The lowest BCUT2D eigenvalue weighted by Crippen LogP contribution is -2.14. The monoisotopic (exact) mass is 375 g/mol. The van der Waals surface area contributed by atoms with Gasteiger partial charge in [0.2, 0.25) is 0 Å². The Hall–Kier alpha value is -3.52. The maximum atomic E-state index is 13.5. The summed E-state index contributed by atoms with van der Waals surface area (Å²) in [6.45, 7) is 2.13. The number of nitrogens with zero attached hydrogens (tertiary/aromatic N) is 1.